The molecule has 2 rings (SSSR count). The molecule has 8 nitrogen and oxygen atoms in total. The zero-order valence-electron chi connectivity index (χ0n) is 20.4. The van der Waals surface area contributed by atoms with E-state index in [2.05, 4.69) is 20.6 Å². The van der Waals surface area contributed by atoms with Gasteiger partial charge in [0.25, 0.3) is 0 Å². The zero-order chi connectivity index (χ0) is 25.1. The summed E-state index contributed by atoms with van der Waals surface area (Å²) in [6.45, 7) is 15.1. The summed E-state index contributed by atoms with van der Waals surface area (Å²) in [6, 6.07) is 5.03. The fourth-order valence-corrected chi connectivity index (χ4v) is 2.88. The number of rotatable bonds is 3. The molecule has 0 radical (unpaired) electrons. The third-order valence-electron chi connectivity index (χ3n) is 4.66. The number of anilines is 1. The van der Waals surface area contributed by atoms with Gasteiger partial charge in [-0.05, 0) is 52.8 Å². The van der Waals surface area contributed by atoms with Crippen LogP contribution in [-0.2, 0) is 14.3 Å². The molecule has 182 valence electrons. The van der Waals surface area contributed by atoms with Crippen LogP contribution in [0.25, 0.3) is 0 Å². The predicted octanol–water partition coefficient (Wildman–Crippen LogP) is 4.92. The molecule has 0 saturated carbocycles. The van der Waals surface area contributed by atoms with Gasteiger partial charge in [-0.1, -0.05) is 44.0 Å². The molecule has 1 heterocycles. The lowest BCUT2D eigenvalue weighted by Gasteiger charge is -2.24. The van der Waals surface area contributed by atoms with E-state index in [1.807, 2.05) is 18.7 Å². The number of halogens is 2. The molecule has 1 aromatic carbocycles. The minimum Gasteiger partial charge on any atom is -0.437 e. The Balaban J connectivity index is 2.40. The molecule has 1 aromatic rings. The second-order valence-electron chi connectivity index (χ2n) is 10.2. The third kappa shape index (κ3) is 7.61. The molecule has 2 N–H and O–H groups in total. The first-order valence-electron chi connectivity index (χ1n) is 10.8. The molecule has 33 heavy (non-hydrogen) atoms. The highest BCUT2D eigenvalue weighted by Gasteiger charge is 2.33. The van der Waals surface area contributed by atoms with Crippen molar-refractivity contribution in [3.8, 4) is 0 Å². The van der Waals surface area contributed by atoms with Crippen LogP contribution in [0.2, 0.25) is 10.0 Å². The fourth-order valence-electron chi connectivity index (χ4n) is 2.59. The van der Waals surface area contributed by atoms with Crippen LogP contribution in [0.3, 0.4) is 0 Å². The normalized spacial score (nSPS) is 17.2. The summed E-state index contributed by atoms with van der Waals surface area (Å²) in [5.41, 5.74) is -0.714. The maximum Gasteiger partial charge on any atom is 0.313 e. The van der Waals surface area contributed by atoms with E-state index in [0.29, 0.717) is 28.2 Å². The van der Waals surface area contributed by atoms with Gasteiger partial charge in [-0.25, -0.2) is 4.99 Å². The van der Waals surface area contributed by atoms with Crippen molar-refractivity contribution in [3.05, 3.63) is 28.2 Å². The van der Waals surface area contributed by atoms with E-state index in [1.54, 1.807) is 59.7 Å². The third-order valence-corrected chi connectivity index (χ3v) is 5.39. The number of hydrogen-bond acceptors (Lipinski definition) is 6. The minimum atomic E-state index is -0.692. The Morgan fingerprint density at radius 1 is 1.12 bits per heavy atom. The standard InChI is InChI=1S/C23H33Cl2N5O3/c1-13(2)30-12-17(33-19(32)23(6,7)8)27-21(30)29-20(28-18(31)22(3,4)5)26-14-9-10-15(24)16(25)11-14/h9-11,13,17H,12H2,1-8H3,(H2,26,27,28,29,31). The second-order valence-corrected chi connectivity index (χ2v) is 11.0. The number of guanidine groups is 2. The van der Waals surface area contributed by atoms with Gasteiger partial charge >= 0.3 is 5.97 Å². The Kier molecular flexibility index (Phi) is 8.41. The molecule has 0 aliphatic carbocycles. The summed E-state index contributed by atoms with van der Waals surface area (Å²) >= 11 is 12.2. The predicted molar refractivity (Wildman–Crippen MR) is 134 cm³/mol. The van der Waals surface area contributed by atoms with Crippen molar-refractivity contribution in [1.29, 1.82) is 0 Å². The van der Waals surface area contributed by atoms with E-state index in [0.717, 1.165) is 0 Å². The monoisotopic (exact) mass is 497 g/mol. The van der Waals surface area contributed by atoms with Crippen molar-refractivity contribution in [3.63, 3.8) is 0 Å². The Hall–Kier alpha value is -2.32. The number of benzene rings is 1. The summed E-state index contributed by atoms with van der Waals surface area (Å²) in [4.78, 5) is 36.0. The lowest BCUT2D eigenvalue weighted by atomic mass is 9.96. The average Bonchev–Trinajstić information content (AvgIpc) is 3.05. The van der Waals surface area contributed by atoms with E-state index in [4.69, 9.17) is 27.9 Å². The number of hydrogen-bond donors (Lipinski definition) is 2. The summed E-state index contributed by atoms with van der Waals surface area (Å²) in [6.07, 6.45) is -0.692. The lowest BCUT2D eigenvalue weighted by molar-refractivity contribution is -0.158. The summed E-state index contributed by atoms with van der Waals surface area (Å²) < 4.78 is 5.57. The quantitative estimate of drug-likeness (QED) is 0.351. The van der Waals surface area contributed by atoms with E-state index in [1.165, 1.54) is 0 Å². The number of amides is 1. The van der Waals surface area contributed by atoms with Gasteiger partial charge in [0.2, 0.25) is 24.1 Å². The van der Waals surface area contributed by atoms with Crippen LogP contribution < -0.4 is 10.6 Å². The molecule has 0 bridgehead atoms. The Labute approximate surface area is 205 Å². The highest BCUT2D eigenvalue weighted by atomic mass is 35.5. The van der Waals surface area contributed by atoms with Crippen LogP contribution in [0.5, 0.6) is 0 Å². The van der Waals surface area contributed by atoms with E-state index in [-0.39, 0.29) is 23.9 Å². The minimum absolute atomic E-state index is 0.0374. The molecule has 10 heteroatoms. The Morgan fingerprint density at radius 3 is 2.27 bits per heavy atom. The maximum absolute atomic E-state index is 12.7. The SMILES string of the molecule is CC(C)N1CC(OC(=O)C(C)(C)C)N=C1/N=C(\NC(=O)C(C)(C)C)Nc1ccc(Cl)c(Cl)c1. The summed E-state index contributed by atoms with van der Waals surface area (Å²) in [5.74, 6) is -0.0754. The lowest BCUT2D eigenvalue weighted by Crippen LogP contribution is -2.44. The number of aliphatic imine (C=N–C) groups is 2. The molecule has 0 saturated heterocycles. The molecule has 1 atom stereocenters. The van der Waals surface area contributed by atoms with Gasteiger partial charge in [-0.2, -0.15) is 4.99 Å². The molecule has 1 unspecified atom stereocenters. The van der Waals surface area contributed by atoms with Gasteiger partial charge in [-0.15, -0.1) is 0 Å². The van der Waals surface area contributed by atoms with Crippen molar-refractivity contribution in [2.75, 3.05) is 11.9 Å². The molecule has 1 aliphatic rings. The first-order chi connectivity index (χ1) is 15.1. The number of ether oxygens (including phenoxy) is 1. The zero-order valence-corrected chi connectivity index (χ0v) is 21.9. The van der Waals surface area contributed by atoms with Gasteiger partial charge in [0.05, 0.1) is 22.0 Å². The maximum atomic E-state index is 12.7. The van der Waals surface area contributed by atoms with E-state index < -0.39 is 17.1 Å². The van der Waals surface area contributed by atoms with Crippen LogP contribution in [0, 0.1) is 10.8 Å². The number of esters is 1. The van der Waals surface area contributed by atoms with E-state index in [9.17, 15) is 9.59 Å². The molecular formula is C23H33Cl2N5O3. The van der Waals surface area contributed by atoms with Gasteiger partial charge in [0, 0.05) is 17.1 Å². The average molecular weight is 498 g/mol. The molecular weight excluding hydrogens is 465 g/mol. The van der Waals surface area contributed by atoms with Crippen LogP contribution in [-0.4, -0.2) is 47.5 Å². The van der Waals surface area contributed by atoms with Crippen LogP contribution in [0.15, 0.2) is 28.2 Å². The van der Waals surface area contributed by atoms with Crippen molar-refractivity contribution in [2.45, 2.75) is 67.7 Å². The van der Waals surface area contributed by atoms with E-state index >= 15 is 0 Å². The van der Waals surface area contributed by atoms with Crippen molar-refractivity contribution in [2.24, 2.45) is 20.8 Å². The number of carbonyl (C=O) groups excluding carboxylic acids is 2. The topological polar surface area (TPSA) is 95.4 Å². The van der Waals surface area contributed by atoms with Crippen molar-refractivity contribution < 1.29 is 14.3 Å². The number of nitrogens with zero attached hydrogens (tertiary/aromatic N) is 3. The van der Waals surface area contributed by atoms with Gasteiger partial charge in [0.1, 0.15) is 0 Å². The van der Waals surface area contributed by atoms with Crippen molar-refractivity contribution >= 4 is 52.7 Å². The Bertz CT molecular complexity index is 962. The highest BCUT2D eigenvalue weighted by molar-refractivity contribution is 6.42. The van der Waals surface area contributed by atoms with Crippen LogP contribution in [0.4, 0.5) is 5.69 Å². The molecule has 0 fully saturated rings. The van der Waals surface area contributed by atoms with Crippen LogP contribution in [0.1, 0.15) is 55.4 Å². The highest BCUT2D eigenvalue weighted by Crippen LogP contribution is 2.25. The molecule has 0 aromatic heterocycles. The van der Waals surface area contributed by atoms with Crippen molar-refractivity contribution in [1.82, 2.24) is 10.2 Å². The molecule has 0 spiro atoms. The molecule has 1 amide bonds. The van der Waals surface area contributed by atoms with Gasteiger partial charge < -0.3 is 15.0 Å². The molecule has 1 aliphatic heterocycles. The number of nitrogens with one attached hydrogen (secondary N) is 2. The largest absolute Gasteiger partial charge is 0.437 e. The second kappa shape index (κ2) is 10.3. The van der Waals surface area contributed by atoms with Gasteiger partial charge in [0.15, 0.2) is 0 Å². The number of carbonyl (C=O) groups is 2. The van der Waals surface area contributed by atoms with Gasteiger partial charge in [-0.3, -0.25) is 14.9 Å². The van der Waals surface area contributed by atoms with Crippen LogP contribution >= 0.6 is 23.2 Å². The Morgan fingerprint density at radius 2 is 1.76 bits per heavy atom. The smallest absolute Gasteiger partial charge is 0.313 e. The first kappa shape index (κ1) is 26.9. The summed E-state index contributed by atoms with van der Waals surface area (Å²) in [5, 5.41) is 6.66. The first-order valence-corrected chi connectivity index (χ1v) is 11.5. The fraction of sp³-hybridized carbons (Fsp3) is 0.565. The summed E-state index contributed by atoms with van der Waals surface area (Å²) in [7, 11) is 0.